The lowest BCUT2D eigenvalue weighted by molar-refractivity contribution is -0.145. The van der Waals surface area contributed by atoms with E-state index in [-0.39, 0.29) is 37.2 Å². The molecule has 1 N–H and O–H groups in total. The Morgan fingerprint density at radius 3 is 2.58 bits per heavy atom. The molecule has 0 amide bonds. The maximum absolute atomic E-state index is 12.3. The number of benzene rings is 2. The summed E-state index contributed by atoms with van der Waals surface area (Å²) in [6.45, 7) is 3.78. The van der Waals surface area contributed by atoms with Gasteiger partial charge in [-0.15, -0.1) is 0 Å². The number of ether oxygens (including phenoxy) is 5. The summed E-state index contributed by atoms with van der Waals surface area (Å²) in [7, 11) is 1.52. The van der Waals surface area contributed by atoms with Gasteiger partial charge in [-0.2, -0.15) is 0 Å². The summed E-state index contributed by atoms with van der Waals surface area (Å²) in [5, 5.41) is 3.92. The molecular formula is C25H27Cl2NO7S. The predicted molar refractivity (Wildman–Crippen MR) is 140 cm³/mol. The fourth-order valence-corrected chi connectivity index (χ4v) is 4.42. The monoisotopic (exact) mass is 555 g/mol. The summed E-state index contributed by atoms with van der Waals surface area (Å²) in [6.07, 6.45) is -1.21. The van der Waals surface area contributed by atoms with Gasteiger partial charge in [0, 0.05) is 35.6 Å². The molecule has 1 aliphatic heterocycles. The number of halogens is 2. The van der Waals surface area contributed by atoms with Gasteiger partial charge in [-0.3, -0.25) is 9.59 Å². The molecule has 0 saturated carbocycles. The largest absolute Gasteiger partial charge is 0.495 e. The van der Waals surface area contributed by atoms with Crippen molar-refractivity contribution in [1.29, 1.82) is 0 Å². The zero-order valence-corrected chi connectivity index (χ0v) is 22.4. The fraction of sp³-hybridized carbons (Fsp3) is 0.400. The standard InChI is InChI=1S/C25H27Cl2NO7S/c1-4-32-21(30)13-20-25(36)28-23-17(24(35-20)16-7-5-8-18(31-3)22(16)27)11-15(26)12-19(23)34-10-6-9-33-14(2)29/h5,7-8,11-12,20,24H,4,6,9-10,13H2,1-3H3,(H,28,36)/t20-,24-/m0/s1. The van der Waals surface area contributed by atoms with Gasteiger partial charge in [-0.25, -0.2) is 0 Å². The maximum Gasteiger partial charge on any atom is 0.308 e. The van der Waals surface area contributed by atoms with Crippen LogP contribution in [0.2, 0.25) is 10.0 Å². The van der Waals surface area contributed by atoms with Crippen LogP contribution in [-0.4, -0.2) is 50.0 Å². The Balaban J connectivity index is 2.03. The van der Waals surface area contributed by atoms with E-state index < -0.39 is 18.2 Å². The fourth-order valence-electron chi connectivity index (χ4n) is 3.66. The summed E-state index contributed by atoms with van der Waals surface area (Å²) in [4.78, 5) is 23.6. The molecule has 0 radical (unpaired) electrons. The lowest BCUT2D eigenvalue weighted by Gasteiger charge is -2.24. The van der Waals surface area contributed by atoms with Crippen LogP contribution in [0.3, 0.4) is 0 Å². The van der Waals surface area contributed by atoms with Crippen molar-refractivity contribution in [3.05, 3.63) is 51.5 Å². The molecule has 0 fully saturated rings. The normalized spacial score (nSPS) is 16.9. The minimum absolute atomic E-state index is 0.0991. The van der Waals surface area contributed by atoms with Crippen molar-refractivity contribution in [2.24, 2.45) is 0 Å². The number of carbonyl (C=O) groups excluding carboxylic acids is 2. The molecule has 194 valence electrons. The number of rotatable bonds is 10. The topological polar surface area (TPSA) is 92.3 Å². The number of thiocarbonyl (C=S) groups is 1. The van der Waals surface area contributed by atoms with Gasteiger partial charge >= 0.3 is 11.9 Å². The Morgan fingerprint density at radius 2 is 1.89 bits per heavy atom. The highest BCUT2D eigenvalue weighted by Crippen LogP contribution is 2.45. The molecule has 2 atom stereocenters. The van der Waals surface area contributed by atoms with Crippen molar-refractivity contribution in [1.82, 2.24) is 0 Å². The first kappa shape index (κ1) is 28.0. The van der Waals surface area contributed by atoms with Crippen LogP contribution in [-0.2, 0) is 23.8 Å². The highest BCUT2D eigenvalue weighted by Gasteiger charge is 2.34. The molecule has 0 unspecified atom stereocenters. The first-order chi connectivity index (χ1) is 17.2. The Hall–Kier alpha value is -2.59. The molecule has 2 aromatic carbocycles. The third-order valence-electron chi connectivity index (χ3n) is 5.23. The lowest BCUT2D eigenvalue weighted by atomic mass is 9.98. The first-order valence-electron chi connectivity index (χ1n) is 11.3. The molecule has 0 saturated heterocycles. The van der Waals surface area contributed by atoms with E-state index in [9.17, 15) is 9.59 Å². The van der Waals surface area contributed by atoms with Crippen LogP contribution in [0.25, 0.3) is 0 Å². The Bertz CT molecular complexity index is 1130. The van der Waals surface area contributed by atoms with E-state index in [1.54, 1.807) is 37.3 Å². The van der Waals surface area contributed by atoms with E-state index in [2.05, 4.69) is 5.32 Å². The second-order valence-corrected chi connectivity index (χ2v) is 9.03. The van der Waals surface area contributed by atoms with Crippen LogP contribution in [0.15, 0.2) is 30.3 Å². The molecule has 3 rings (SSSR count). The molecule has 0 spiro atoms. The number of methoxy groups -OCH3 is 1. The van der Waals surface area contributed by atoms with Crippen LogP contribution in [0.1, 0.15) is 43.9 Å². The van der Waals surface area contributed by atoms with Crippen LogP contribution in [0.4, 0.5) is 5.69 Å². The van der Waals surface area contributed by atoms with Crippen LogP contribution < -0.4 is 14.8 Å². The van der Waals surface area contributed by atoms with Crippen LogP contribution >= 0.6 is 35.4 Å². The average molecular weight is 556 g/mol. The number of anilines is 1. The molecule has 2 aromatic rings. The van der Waals surface area contributed by atoms with Gasteiger partial charge in [-0.05, 0) is 19.1 Å². The van der Waals surface area contributed by atoms with Crippen molar-refractivity contribution < 1.29 is 33.3 Å². The molecule has 8 nitrogen and oxygen atoms in total. The van der Waals surface area contributed by atoms with Gasteiger partial charge in [0.15, 0.2) is 0 Å². The quantitative estimate of drug-likeness (QED) is 0.231. The average Bonchev–Trinajstić information content (AvgIpc) is 2.95. The van der Waals surface area contributed by atoms with E-state index in [1.165, 1.54) is 14.0 Å². The van der Waals surface area contributed by atoms with Crippen molar-refractivity contribution in [3.8, 4) is 11.5 Å². The third-order valence-corrected chi connectivity index (χ3v) is 6.21. The number of hydrogen-bond donors (Lipinski definition) is 1. The summed E-state index contributed by atoms with van der Waals surface area (Å²) in [5.41, 5.74) is 1.74. The highest BCUT2D eigenvalue weighted by molar-refractivity contribution is 7.80. The van der Waals surface area contributed by atoms with Gasteiger partial charge in [0.1, 0.15) is 28.7 Å². The molecule has 1 heterocycles. The minimum atomic E-state index is -0.811. The van der Waals surface area contributed by atoms with E-state index in [4.69, 9.17) is 59.1 Å². The third kappa shape index (κ3) is 7.00. The molecule has 0 aliphatic carbocycles. The van der Waals surface area contributed by atoms with Crippen molar-refractivity contribution >= 4 is 58.0 Å². The first-order valence-corrected chi connectivity index (χ1v) is 12.5. The van der Waals surface area contributed by atoms with Crippen LogP contribution in [0, 0.1) is 0 Å². The SMILES string of the molecule is CCOC(=O)C[C@@H]1O[C@@H](c2cccc(OC)c2Cl)c2cc(Cl)cc(OCCCOC(C)=O)c2NC1=S. The smallest absolute Gasteiger partial charge is 0.308 e. The molecule has 0 bridgehead atoms. The second kappa shape index (κ2) is 13.1. The lowest BCUT2D eigenvalue weighted by Crippen LogP contribution is -2.31. The van der Waals surface area contributed by atoms with Gasteiger partial charge in [0.2, 0.25) is 0 Å². The van der Waals surface area contributed by atoms with Gasteiger partial charge in [-0.1, -0.05) is 47.6 Å². The van der Waals surface area contributed by atoms with E-state index >= 15 is 0 Å². The molecule has 0 aromatic heterocycles. The predicted octanol–water partition coefficient (Wildman–Crippen LogP) is 5.51. The van der Waals surface area contributed by atoms with E-state index in [1.807, 2.05) is 0 Å². The second-order valence-electron chi connectivity index (χ2n) is 7.78. The summed E-state index contributed by atoms with van der Waals surface area (Å²) >= 11 is 18.7. The number of hydrogen-bond acceptors (Lipinski definition) is 8. The van der Waals surface area contributed by atoms with Gasteiger partial charge in [0.05, 0.1) is 44.1 Å². The van der Waals surface area contributed by atoms with Crippen molar-refractivity contribution in [2.75, 3.05) is 32.2 Å². The Kier molecular flexibility index (Phi) is 10.2. The number of nitrogens with one attached hydrogen (secondary N) is 1. The zero-order chi connectivity index (χ0) is 26.2. The summed E-state index contributed by atoms with van der Waals surface area (Å²) in [6, 6.07) is 8.70. The summed E-state index contributed by atoms with van der Waals surface area (Å²) in [5.74, 6) is 0.0756. The van der Waals surface area contributed by atoms with Crippen molar-refractivity contribution in [2.45, 2.75) is 38.9 Å². The number of fused-ring (bicyclic) bond motifs is 1. The highest BCUT2D eigenvalue weighted by atomic mass is 35.5. The minimum Gasteiger partial charge on any atom is -0.495 e. The van der Waals surface area contributed by atoms with E-state index in [0.29, 0.717) is 44.8 Å². The Labute approximate surface area is 225 Å². The molecular weight excluding hydrogens is 529 g/mol. The van der Waals surface area contributed by atoms with Gasteiger partial charge < -0.3 is 29.0 Å². The molecule has 1 aliphatic rings. The maximum atomic E-state index is 12.3. The Morgan fingerprint density at radius 1 is 1.11 bits per heavy atom. The van der Waals surface area contributed by atoms with Gasteiger partial charge in [0.25, 0.3) is 0 Å². The number of carbonyl (C=O) groups is 2. The van der Waals surface area contributed by atoms with Crippen molar-refractivity contribution in [3.63, 3.8) is 0 Å². The van der Waals surface area contributed by atoms with Crippen LogP contribution in [0.5, 0.6) is 11.5 Å². The van der Waals surface area contributed by atoms with E-state index in [0.717, 1.165) is 0 Å². The zero-order valence-electron chi connectivity index (χ0n) is 20.1. The molecule has 11 heteroatoms. The summed E-state index contributed by atoms with van der Waals surface area (Å²) < 4.78 is 27.8. The number of esters is 2. The molecule has 36 heavy (non-hydrogen) atoms.